The van der Waals surface area contributed by atoms with Gasteiger partial charge in [-0.2, -0.15) is 10.5 Å². The zero-order chi connectivity index (χ0) is 10.7. The van der Waals surface area contributed by atoms with Crippen LogP contribution < -0.4 is 0 Å². The van der Waals surface area contributed by atoms with E-state index in [1.165, 1.54) is 0 Å². The number of benzene rings is 1. The molecule has 0 saturated carbocycles. The average Bonchev–Trinajstić information content (AvgIpc) is 2.81. The fourth-order valence-corrected chi connectivity index (χ4v) is 1.71. The first-order valence-corrected chi connectivity index (χ1v) is 4.65. The Hall–Kier alpha value is -2.32. The maximum absolute atomic E-state index is 9.04. The molecular formula is C13H8N2. The van der Waals surface area contributed by atoms with Crippen molar-refractivity contribution in [2.75, 3.05) is 0 Å². The molecule has 0 aromatic heterocycles. The van der Waals surface area contributed by atoms with Crippen molar-refractivity contribution in [1.82, 2.24) is 0 Å². The Labute approximate surface area is 88.4 Å². The summed E-state index contributed by atoms with van der Waals surface area (Å²) in [7, 11) is 0. The van der Waals surface area contributed by atoms with Crippen LogP contribution in [0, 0.1) is 22.7 Å². The minimum atomic E-state index is 0.132. The summed E-state index contributed by atoms with van der Waals surface area (Å²) in [6.07, 6.45) is 7.92. The largest absolute Gasteiger partial charge is 0.192 e. The molecule has 0 atom stereocenters. The van der Waals surface area contributed by atoms with Crippen molar-refractivity contribution in [2.45, 2.75) is 5.92 Å². The molecule has 0 amide bonds. The van der Waals surface area contributed by atoms with E-state index in [1.807, 2.05) is 42.5 Å². The second-order valence-corrected chi connectivity index (χ2v) is 3.29. The van der Waals surface area contributed by atoms with Gasteiger partial charge in [-0.15, -0.1) is 0 Å². The Morgan fingerprint density at radius 3 is 2.33 bits per heavy atom. The van der Waals surface area contributed by atoms with E-state index < -0.39 is 0 Å². The van der Waals surface area contributed by atoms with E-state index in [2.05, 4.69) is 6.07 Å². The number of nitriles is 2. The molecule has 2 rings (SSSR count). The van der Waals surface area contributed by atoms with Crippen molar-refractivity contribution >= 4 is 0 Å². The third-order valence-corrected chi connectivity index (χ3v) is 2.44. The molecule has 0 fully saturated rings. The molecule has 1 aliphatic carbocycles. The lowest BCUT2D eigenvalue weighted by Crippen LogP contribution is -1.96. The molecule has 0 saturated heterocycles. The lowest BCUT2D eigenvalue weighted by molar-refractivity contribution is 1.09. The van der Waals surface area contributed by atoms with Crippen molar-refractivity contribution < 1.29 is 0 Å². The van der Waals surface area contributed by atoms with Gasteiger partial charge in [0.25, 0.3) is 0 Å². The van der Waals surface area contributed by atoms with Crippen LogP contribution in [0.2, 0.25) is 0 Å². The Morgan fingerprint density at radius 1 is 1.00 bits per heavy atom. The molecule has 70 valence electrons. The van der Waals surface area contributed by atoms with E-state index in [-0.39, 0.29) is 5.92 Å². The van der Waals surface area contributed by atoms with Gasteiger partial charge in [-0.1, -0.05) is 36.4 Å². The molecule has 1 aromatic carbocycles. The van der Waals surface area contributed by atoms with E-state index in [0.717, 1.165) is 5.56 Å². The molecule has 0 radical (unpaired) electrons. The second-order valence-electron chi connectivity index (χ2n) is 3.29. The summed E-state index contributed by atoms with van der Waals surface area (Å²) in [6.45, 7) is 0. The maximum Gasteiger partial charge on any atom is 0.101 e. The first-order valence-electron chi connectivity index (χ1n) is 4.65. The first-order chi connectivity index (χ1) is 7.36. The number of rotatable bonds is 1. The molecular weight excluding hydrogens is 184 g/mol. The fraction of sp³-hybridized carbons (Fsp3) is 0.0769. The summed E-state index contributed by atoms with van der Waals surface area (Å²) in [6, 6.07) is 9.52. The zero-order valence-electron chi connectivity index (χ0n) is 8.01. The highest BCUT2D eigenvalue weighted by Gasteiger charge is 2.14. The summed E-state index contributed by atoms with van der Waals surface area (Å²) in [5.41, 5.74) is 1.84. The Balaban J connectivity index is 2.58. The molecule has 0 unspecified atom stereocenters. The van der Waals surface area contributed by atoms with Gasteiger partial charge in [0.05, 0.1) is 11.1 Å². The second kappa shape index (κ2) is 3.82. The van der Waals surface area contributed by atoms with E-state index in [9.17, 15) is 0 Å². The van der Waals surface area contributed by atoms with Crippen LogP contribution in [0.5, 0.6) is 0 Å². The summed E-state index contributed by atoms with van der Waals surface area (Å²) in [5.74, 6) is 0.132. The van der Waals surface area contributed by atoms with Crippen LogP contribution in [-0.4, -0.2) is 0 Å². The summed E-state index contributed by atoms with van der Waals surface area (Å²) < 4.78 is 0. The van der Waals surface area contributed by atoms with Crippen LogP contribution >= 0.6 is 0 Å². The van der Waals surface area contributed by atoms with Crippen molar-refractivity contribution in [3.63, 3.8) is 0 Å². The molecule has 0 bridgehead atoms. The fourth-order valence-electron chi connectivity index (χ4n) is 1.71. The normalized spacial score (nSPS) is 13.7. The smallest absolute Gasteiger partial charge is 0.101 e. The Bertz CT molecular complexity index is 512. The molecule has 0 heterocycles. The van der Waals surface area contributed by atoms with E-state index in [0.29, 0.717) is 11.1 Å². The minimum Gasteiger partial charge on any atom is -0.192 e. The minimum absolute atomic E-state index is 0.132. The summed E-state index contributed by atoms with van der Waals surface area (Å²) >= 11 is 0. The highest BCUT2D eigenvalue weighted by atomic mass is 14.3. The Kier molecular flexibility index (Phi) is 2.35. The van der Waals surface area contributed by atoms with Gasteiger partial charge in [0.2, 0.25) is 0 Å². The standard InChI is InChI=1S/C13H8N2/c14-8-11-6-3-7-12(13(11)9-15)10-4-1-2-5-10/h1-7,10H. The van der Waals surface area contributed by atoms with E-state index in [1.54, 1.807) is 6.07 Å². The SMILES string of the molecule is N#Cc1cccc(C2C=CC=C2)c1C#N. The molecule has 0 spiro atoms. The third-order valence-electron chi connectivity index (χ3n) is 2.44. The van der Waals surface area contributed by atoms with Crippen LogP contribution in [0.3, 0.4) is 0 Å². The van der Waals surface area contributed by atoms with Crippen LogP contribution in [-0.2, 0) is 0 Å². The lowest BCUT2D eigenvalue weighted by atomic mass is 9.93. The number of allylic oxidation sites excluding steroid dienone is 4. The van der Waals surface area contributed by atoms with Gasteiger partial charge in [0, 0.05) is 5.92 Å². The number of hydrogen-bond donors (Lipinski definition) is 0. The lowest BCUT2D eigenvalue weighted by Gasteiger charge is -2.08. The van der Waals surface area contributed by atoms with E-state index in [4.69, 9.17) is 10.5 Å². The van der Waals surface area contributed by atoms with Crippen molar-refractivity contribution in [3.8, 4) is 12.1 Å². The molecule has 0 aliphatic heterocycles. The van der Waals surface area contributed by atoms with Crippen molar-refractivity contribution in [3.05, 3.63) is 59.2 Å². The van der Waals surface area contributed by atoms with Gasteiger partial charge in [0.15, 0.2) is 0 Å². The predicted octanol–water partition coefficient (Wildman–Crippen LogP) is 2.64. The van der Waals surface area contributed by atoms with Crippen molar-refractivity contribution in [1.29, 1.82) is 10.5 Å². The highest BCUT2D eigenvalue weighted by molar-refractivity contribution is 5.54. The van der Waals surface area contributed by atoms with Gasteiger partial charge in [-0.25, -0.2) is 0 Å². The van der Waals surface area contributed by atoms with Crippen molar-refractivity contribution in [2.24, 2.45) is 0 Å². The Morgan fingerprint density at radius 2 is 1.73 bits per heavy atom. The van der Waals surface area contributed by atoms with Gasteiger partial charge in [-0.3, -0.25) is 0 Å². The van der Waals surface area contributed by atoms with Gasteiger partial charge in [-0.05, 0) is 11.6 Å². The number of hydrogen-bond acceptors (Lipinski definition) is 2. The number of nitrogens with zero attached hydrogens (tertiary/aromatic N) is 2. The third kappa shape index (κ3) is 1.54. The first kappa shape index (κ1) is 9.24. The molecule has 15 heavy (non-hydrogen) atoms. The highest BCUT2D eigenvalue weighted by Crippen LogP contribution is 2.27. The molecule has 0 N–H and O–H groups in total. The van der Waals surface area contributed by atoms with Gasteiger partial charge < -0.3 is 0 Å². The quantitative estimate of drug-likeness (QED) is 0.686. The molecule has 1 aromatic rings. The van der Waals surface area contributed by atoms with Crippen LogP contribution in [0.4, 0.5) is 0 Å². The average molecular weight is 192 g/mol. The van der Waals surface area contributed by atoms with Crippen LogP contribution in [0.25, 0.3) is 0 Å². The molecule has 1 aliphatic rings. The molecule has 2 heteroatoms. The molecule has 2 nitrogen and oxygen atoms in total. The van der Waals surface area contributed by atoms with Gasteiger partial charge in [0.1, 0.15) is 12.1 Å². The predicted molar refractivity (Wildman–Crippen MR) is 56.9 cm³/mol. The van der Waals surface area contributed by atoms with E-state index >= 15 is 0 Å². The summed E-state index contributed by atoms with van der Waals surface area (Å²) in [5, 5.41) is 17.9. The summed E-state index contributed by atoms with van der Waals surface area (Å²) in [4.78, 5) is 0. The monoisotopic (exact) mass is 192 g/mol. The topological polar surface area (TPSA) is 47.6 Å². The van der Waals surface area contributed by atoms with Gasteiger partial charge >= 0.3 is 0 Å². The van der Waals surface area contributed by atoms with Crippen LogP contribution in [0.1, 0.15) is 22.6 Å². The zero-order valence-corrected chi connectivity index (χ0v) is 8.01. The maximum atomic E-state index is 9.04. The van der Waals surface area contributed by atoms with Crippen LogP contribution in [0.15, 0.2) is 42.5 Å².